The minimum atomic E-state index is -0.767. The van der Waals surface area contributed by atoms with Crippen molar-refractivity contribution in [3.63, 3.8) is 0 Å². The largest absolute Gasteiger partial charge is 0.481 e. The molecule has 0 spiro atoms. The summed E-state index contributed by atoms with van der Waals surface area (Å²) in [6.45, 7) is 8.71. The van der Waals surface area contributed by atoms with Gasteiger partial charge in [0.25, 0.3) is 0 Å². The van der Waals surface area contributed by atoms with Crippen LogP contribution in [0.3, 0.4) is 0 Å². The molecule has 174 valence electrons. The van der Waals surface area contributed by atoms with Crippen molar-refractivity contribution in [1.82, 2.24) is 20.1 Å². The number of hydrogen-bond acceptors (Lipinski definition) is 7. The summed E-state index contributed by atoms with van der Waals surface area (Å²) >= 11 is 0. The number of carboxylic acid groups (broad SMARTS) is 1. The van der Waals surface area contributed by atoms with Crippen LogP contribution in [-0.2, 0) is 11.2 Å². The van der Waals surface area contributed by atoms with E-state index in [9.17, 15) is 4.79 Å². The second-order valence-corrected chi connectivity index (χ2v) is 7.15. The quantitative estimate of drug-likeness (QED) is 0.468. The molecule has 0 aromatic carbocycles. The Balaban J connectivity index is 0.00000113. The molecule has 2 aliphatic heterocycles. The molecule has 0 saturated carbocycles. The molecule has 3 rings (SSSR count). The van der Waals surface area contributed by atoms with E-state index in [1.165, 1.54) is 0 Å². The zero-order valence-corrected chi connectivity index (χ0v) is 19.7. The van der Waals surface area contributed by atoms with E-state index in [0.717, 1.165) is 29.9 Å². The molecule has 1 aromatic heterocycles. The van der Waals surface area contributed by atoms with Crippen molar-refractivity contribution in [2.24, 2.45) is 21.7 Å². The lowest BCUT2D eigenvalue weighted by molar-refractivity contribution is -0.137. The summed E-state index contributed by atoms with van der Waals surface area (Å²) in [4.78, 5) is 15.8. The van der Waals surface area contributed by atoms with Gasteiger partial charge in [0, 0.05) is 56.5 Å². The molecule has 31 heavy (non-hydrogen) atoms. The van der Waals surface area contributed by atoms with Crippen LogP contribution >= 0.6 is 0 Å². The standard InChI is InChI=1S/C18H27N7O2.2C2H6/c1-24(2)21-8-7-13-11-22-25-16(19)6-5-15(23-18(13)25)12-3-4-14(20-10-12)9-17(26)27;2*1-2/h5-6,8,11-12,14,16,20H,3-4,7,9-10,19H2,1-2H3,(H,26,27);2*1-2H3/b21-8-;;. The molecular formula is C22H39N7O2. The number of carboxylic acids is 1. The molecular weight excluding hydrogens is 394 g/mol. The van der Waals surface area contributed by atoms with Gasteiger partial charge in [-0.3, -0.25) is 4.79 Å². The maximum Gasteiger partial charge on any atom is 0.304 e. The van der Waals surface area contributed by atoms with Crippen molar-refractivity contribution in [3.8, 4) is 0 Å². The Morgan fingerprint density at radius 1 is 1.35 bits per heavy atom. The van der Waals surface area contributed by atoms with Gasteiger partial charge in [0.15, 0.2) is 5.82 Å². The summed E-state index contributed by atoms with van der Waals surface area (Å²) in [5.74, 6) is 0.222. The number of aromatic nitrogens is 2. The van der Waals surface area contributed by atoms with Crippen LogP contribution in [0, 0.1) is 5.92 Å². The number of nitrogens with zero attached hydrogens (tertiary/aromatic N) is 5. The van der Waals surface area contributed by atoms with E-state index in [2.05, 4.69) is 15.5 Å². The van der Waals surface area contributed by atoms with Crippen LogP contribution in [0.4, 0.5) is 5.82 Å². The van der Waals surface area contributed by atoms with Crippen LogP contribution in [0.15, 0.2) is 28.4 Å². The predicted molar refractivity (Wildman–Crippen MR) is 127 cm³/mol. The van der Waals surface area contributed by atoms with Gasteiger partial charge in [0.2, 0.25) is 0 Å². The average Bonchev–Trinajstić information content (AvgIpc) is 3.08. The highest BCUT2D eigenvalue weighted by molar-refractivity contribution is 5.99. The predicted octanol–water partition coefficient (Wildman–Crippen LogP) is 2.97. The van der Waals surface area contributed by atoms with E-state index < -0.39 is 5.97 Å². The SMILES string of the molecule is CC.CC.CN(C)/N=C\Cc1cnn2c1N=C(C1CCC(CC(=O)O)NC1)C=CC2N. The molecule has 9 heteroatoms. The summed E-state index contributed by atoms with van der Waals surface area (Å²) in [6.07, 6.45) is 9.63. The molecule has 3 atom stereocenters. The lowest BCUT2D eigenvalue weighted by Crippen LogP contribution is -2.42. The summed E-state index contributed by atoms with van der Waals surface area (Å²) < 4.78 is 1.73. The van der Waals surface area contributed by atoms with Gasteiger partial charge < -0.3 is 21.2 Å². The summed E-state index contributed by atoms with van der Waals surface area (Å²) in [5, 5.41) is 22.7. The molecule has 0 radical (unpaired) electrons. The van der Waals surface area contributed by atoms with E-state index in [4.69, 9.17) is 15.8 Å². The second-order valence-electron chi connectivity index (χ2n) is 7.15. The van der Waals surface area contributed by atoms with Gasteiger partial charge in [0.05, 0.1) is 12.6 Å². The summed E-state index contributed by atoms with van der Waals surface area (Å²) in [5.41, 5.74) is 8.15. The highest BCUT2D eigenvalue weighted by Crippen LogP contribution is 2.28. The van der Waals surface area contributed by atoms with Gasteiger partial charge in [-0.15, -0.1) is 0 Å². The Labute approximate surface area is 186 Å². The molecule has 0 amide bonds. The molecule has 1 saturated heterocycles. The number of hydrazone groups is 1. The molecule has 0 aliphatic carbocycles. The Morgan fingerprint density at radius 2 is 2.06 bits per heavy atom. The Kier molecular flexibility index (Phi) is 11.7. The van der Waals surface area contributed by atoms with Crippen LogP contribution in [0.2, 0.25) is 0 Å². The second kappa shape index (κ2) is 13.7. The van der Waals surface area contributed by atoms with E-state index in [0.29, 0.717) is 13.0 Å². The van der Waals surface area contributed by atoms with Crippen molar-refractivity contribution in [2.45, 2.75) is 65.6 Å². The molecule has 3 heterocycles. The number of hydrogen-bond donors (Lipinski definition) is 3. The van der Waals surface area contributed by atoms with Gasteiger partial charge >= 0.3 is 5.97 Å². The third-order valence-corrected chi connectivity index (χ3v) is 4.80. The number of nitrogens with two attached hydrogens (primary N) is 1. The zero-order chi connectivity index (χ0) is 23.4. The van der Waals surface area contributed by atoms with Gasteiger partial charge in [-0.25, -0.2) is 9.67 Å². The highest BCUT2D eigenvalue weighted by atomic mass is 16.4. The lowest BCUT2D eigenvalue weighted by Gasteiger charge is -2.29. The van der Waals surface area contributed by atoms with Crippen molar-refractivity contribution in [2.75, 3.05) is 20.6 Å². The van der Waals surface area contributed by atoms with Crippen molar-refractivity contribution in [3.05, 3.63) is 23.9 Å². The van der Waals surface area contributed by atoms with Crippen molar-refractivity contribution >= 4 is 23.7 Å². The first-order valence-corrected chi connectivity index (χ1v) is 11.2. The maximum absolute atomic E-state index is 10.9. The molecule has 4 N–H and O–H groups in total. The summed E-state index contributed by atoms with van der Waals surface area (Å²) in [6, 6.07) is 0.0275. The first-order chi connectivity index (χ1) is 14.9. The molecule has 0 bridgehead atoms. The van der Waals surface area contributed by atoms with Gasteiger partial charge in [-0.1, -0.05) is 27.7 Å². The highest BCUT2D eigenvalue weighted by Gasteiger charge is 2.26. The minimum Gasteiger partial charge on any atom is -0.481 e. The average molecular weight is 434 g/mol. The van der Waals surface area contributed by atoms with E-state index in [1.54, 1.807) is 15.9 Å². The minimum absolute atomic E-state index is 0.0275. The van der Waals surface area contributed by atoms with Crippen molar-refractivity contribution < 1.29 is 9.90 Å². The molecule has 1 aromatic rings. The topological polar surface area (TPSA) is 121 Å². The fourth-order valence-corrected chi connectivity index (χ4v) is 3.40. The van der Waals surface area contributed by atoms with Gasteiger partial charge in [-0.05, 0) is 25.0 Å². The fraction of sp³-hybridized carbons (Fsp3) is 0.636. The number of rotatable bonds is 6. The van der Waals surface area contributed by atoms with Crippen molar-refractivity contribution in [1.29, 1.82) is 0 Å². The fourth-order valence-electron chi connectivity index (χ4n) is 3.40. The van der Waals surface area contributed by atoms with Crippen LogP contribution in [0.25, 0.3) is 0 Å². The monoisotopic (exact) mass is 433 g/mol. The lowest BCUT2D eigenvalue weighted by atomic mass is 9.89. The number of nitrogens with one attached hydrogen (secondary N) is 1. The maximum atomic E-state index is 10.9. The summed E-state index contributed by atoms with van der Waals surface area (Å²) in [7, 11) is 3.75. The Bertz CT molecular complexity index is 760. The third-order valence-electron chi connectivity index (χ3n) is 4.80. The molecule has 9 nitrogen and oxygen atoms in total. The first kappa shape index (κ1) is 26.5. The zero-order valence-electron chi connectivity index (χ0n) is 19.7. The van der Waals surface area contributed by atoms with Crippen LogP contribution in [0.5, 0.6) is 0 Å². The van der Waals surface area contributed by atoms with E-state index in [-0.39, 0.29) is 24.5 Å². The number of carbonyl (C=O) groups is 1. The number of aliphatic imine (C=N–C) groups is 1. The number of allylic oxidation sites excluding steroid dienone is 1. The number of fused-ring (bicyclic) bond motifs is 1. The van der Waals surface area contributed by atoms with Crippen LogP contribution in [-0.4, -0.2) is 64.5 Å². The number of piperidine rings is 1. The normalized spacial score (nSPS) is 22.3. The third kappa shape index (κ3) is 7.91. The number of aliphatic carboxylic acids is 1. The Hall–Kier alpha value is -2.52. The van der Waals surface area contributed by atoms with E-state index in [1.807, 2.05) is 60.2 Å². The van der Waals surface area contributed by atoms with E-state index >= 15 is 0 Å². The molecule has 2 aliphatic rings. The van der Waals surface area contributed by atoms with Gasteiger partial charge in [-0.2, -0.15) is 10.2 Å². The van der Waals surface area contributed by atoms with Crippen LogP contribution in [0.1, 0.15) is 58.7 Å². The van der Waals surface area contributed by atoms with Crippen LogP contribution < -0.4 is 11.1 Å². The molecule has 1 fully saturated rings. The Morgan fingerprint density at radius 3 is 2.65 bits per heavy atom. The first-order valence-electron chi connectivity index (χ1n) is 11.2. The van der Waals surface area contributed by atoms with Gasteiger partial charge in [0.1, 0.15) is 6.17 Å². The smallest absolute Gasteiger partial charge is 0.304 e. The molecule has 3 unspecified atom stereocenters.